The number of aryl methyl sites for hydroxylation is 2. The standard InChI is InChI=1S/C29H40ClN7O.C28H39FN6O.C27H35ClF2N6O.C27H38N6O2/c1-22(2)31-27-8-13-37(32-27)28(38)35-14-10-29(11-15-35)9-3-12-36(29)21-23-4-5-24(30)20-26(23)34-18-16-33(17-19-34)25-6-7-25;1-21(2)30-26-9-16-35(31-26)27(36)33-17-11-28(12-18-33)10-4-13-34(28)20-23-6-5-22(3)19-25(23)32-14-7-24(29)8-15-32;1-20(2)31-24-6-13-36(32-24)25(37)34-14-8-26(9-15-34)7-3-12-35(26)19-21-4-5-22(28)18-23(21)33-16-10-27(29,30)11-17-33;1-21(2)28-25-7-12-33(29-25)26(34)31-13-9-27(10-14-31)8-4-11-32(27)20-23-6-5-22(3)19-24(23)30-15-17-35-18-16-30/h4-5,8,13,20,25H,1,3,6-7,9-12,14-19,21H2,2H3,(H,31,32);5-6,9,16,19,24H,1,4,7-8,10-15,17-18,20H2,2-3H3,(H,30,31);4-6,13,18H,1,3,7-12,14-17,19H2,2H3,(H,31,32);5-7,12,19H,1,4,8-11,13-18,20H2,2-3H3,(H,28,29). The van der Waals surface area contributed by atoms with Crippen LogP contribution in [-0.2, 0) is 30.9 Å². The molecular formula is C111H152Cl2F3N25O5. The lowest BCUT2D eigenvalue weighted by Crippen LogP contribution is -2.53. The molecule has 13 fully saturated rings. The van der Waals surface area contributed by atoms with Gasteiger partial charge in [-0.1, -0.05) is 85.9 Å². The lowest BCUT2D eigenvalue weighted by atomic mass is 9.84. The molecule has 0 radical (unpaired) electrons. The van der Waals surface area contributed by atoms with E-state index in [9.17, 15) is 32.3 Å². The summed E-state index contributed by atoms with van der Waals surface area (Å²) >= 11 is 12.8. The fourth-order valence-corrected chi connectivity index (χ4v) is 25.2. The molecule has 16 heterocycles. The molecule has 0 atom stereocenters. The molecule has 13 aliphatic rings. The van der Waals surface area contributed by atoms with Crippen molar-refractivity contribution in [2.24, 2.45) is 0 Å². The number of anilines is 8. The maximum absolute atomic E-state index is 13.8. The van der Waals surface area contributed by atoms with Crippen molar-refractivity contribution in [3.63, 3.8) is 0 Å². The number of aromatic nitrogens is 8. The number of hydrogen-bond donors (Lipinski definition) is 4. The van der Waals surface area contributed by atoms with Crippen LogP contribution in [0.5, 0.6) is 0 Å². The monoisotopic (exact) mass is 2040 g/mol. The molecule has 4 aromatic carbocycles. The molecule has 4 aromatic heterocycles. The summed E-state index contributed by atoms with van der Waals surface area (Å²) in [6.45, 7) is 51.1. The van der Waals surface area contributed by atoms with Gasteiger partial charge in [-0.3, -0.25) is 24.5 Å². The van der Waals surface area contributed by atoms with Gasteiger partial charge in [-0.05, 0) is 266 Å². The zero-order valence-electron chi connectivity index (χ0n) is 86.7. The second-order valence-electron chi connectivity index (χ2n) is 43.4. The van der Waals surface area contributed by atoms with Crippen LogP contribution >= 0.6 is 23.2 Å². The third kappa shape index (κ3) is 25.1. The van der Waals surface area contributed by atoms with Gasteiger partial charge in [0.2, 0.25) is 0 Å². The van der Waals surface area contributed by atoms with Gasteiger partial charge in [0, 0.05) is 290 Å². The van der Waals surface area contributed by atoms with E-state index in [1.165, 1.54) is 115 Å². The molecule has 1 aliphatic carbocycles. The van der Waals surface area contributed by atoms with Gasteiger partial charge < -0.3 is 65.2 Å². The Kier molecular flexibility index (Phi) is 33.1. The average molecular weight is 2040 g/mol. The molecule has 30 nitrogen and oxygen atoms in total. The SMILES string of the molecule is C=C(C)Nc1ccn(C(=O)N2CCC3(CCCN3Cc3ccc(C)cc3N3CCC(F)CC3)CC2)n1.C=C(C)Nc1ccn(C(=O)N2CCC3(CCCN3Cc3ccc(C)cc3N3CCOCC3)CC2)n1.C=C(C)Nc1ccn(C(=O)N2CCC3(CCCN3Cc3ccc(Cl)cc3N3CCC(F)(F)CC3)CC2)n1.C=C(C)Nc1ccn(C(=O)N2CCC3(CCCN3Cc3ccc(Cl)cc3N3CCN(C4CC4)CC3)CC2)n1. The van der Waals surface area contributed by atoms with Crippen LogP contribution in [0.4, 0.5) is 78.4 Å². The number of alkyl halides is 3. The molecule has 0 unspecified atom stereocenters. The van der Waals surface area contributed by atoms with Crippen molar-refractivity contribution < 1.29 is 37.1 Å². The third-order valence-corrected chi connectivity index (χ3v) is 33.5. The second kappa shape index (κ2) is 46.1. The van der Waals surface area contributed by atoms with Gasteiger partial charge in [-0.15, -0.1) is 20.4 Å². The number of rotatable bonds is 21. The molecule has 0 bridgehead atoms. The molecular weight excluding hydrogens is 1890 g/mol. The predicted octanol–water partition coefficient (Wildman–Crippen LogP) is 19.9. The number of piperidine rings is 6. The van der Waals surface area contributed by atoms with Crippen LogP contribution in [0.15, 0.2) is 171 Å². The summed E-state index contributed by atoms with van der Waals surface area (Å²) in [5, 5.41) is 31.1. The topological polar surface area (TPSA) is 239 Å². The molecule has 35 heteroatoms. The lowest BCUT2D eigenvalue weighted by Gasteiger charge is -2.45. The van der Waals surface area contributed by atoms with E-state index in [2.05, 4.69) is 174 Å². The van der Waals surface area contributed by atoms with E-state index in [-0.39, 0.29) is 59.1 Å². The fourth-order valence-electron chi connectivity index (χ4n) is 24.8. The number of ether oxygens (including phenoxy) is 1. The minimum atomic E-state index is -2.58. The summed E-state index contributed by atoms with van der Waals surface area (Å²) in [6.07, 6.45) is 27.1. The summed E-state index contributed by atoms with van der Waals surface area (Å²) in [5.74, 6) is -0.0497. The molecule has 4 amide bonds. The van der Waals surface area contributed by atoms with Crippen LogP contribution in [-0.4, -0.2) is 305 Å². The van der Waals surface area contributed by atoms with Crippen molar-refractivity contribution >= 4 is 93.3 Å². The number of hydrogen-bond acceptors (Lipinski definition) is 22. The zero-order valence-corrected chi connectivity index (χ0v) is 88.2. The number of amides is 4. The number of nitrogens with one attached hydrogen (secondary N) is 4. The molecule has 4 N–H and O–H groups in total. The Bertz CT molecular complexity index is 5910. The van der Waals surface area contributed by atoms with Gasteiger partial charge in [0.1, 0.15) is 6.17 Å². The summed E-state index contributed by atoms with van der Waals surface area (Å²) in [5.41, 5.74) is 16.4. The Balaban J connectivity index is 0.000000128. The highest BCUT2D eigenvalue weighted by Crippen LogP contribution is 2.48. The minimum absolute atomic E-state index is 0.0411. The summed E-state index contributed by atoms with van der Waals surface area (Å²) < 4.78 is 52.7. The van der Waals surface area contributed by atoms with Crippen LogP contribution < -0.4 is 40.9 Å². The van der Waals surface area contributed by atoms with Gasteiger partial charge in [0.25, 0.3) is 5.92 Å². The highest BCUT2D eigenvalue weighted by atomic mass is 35.5. The maximum Gasteiger partial charge on any atom is 0.344 e. The van der Waals surface area contributed by atoms with E-state index in [1.54, 1.807) is 36.9 Å². The van der Waals surface area contributed by atoms with Crippen molar-refractivity contribution in [3.05, 3.63) is 214 Å². The predicted molar refractivity (Wildman–Crippen MR) is 576 cm³/mol. The molecule has 21 rings (SSSR count). The molecule has 4 spiro atoms. The number of likely N-dealkylation sites (tertiary alicyclic amines) is 8. The first-order chi connectivity index (χ1) is 70.3. The third-order valence-electron chi connectivity index (χ3n) is 33.0. The van der Waals surface area contributed by atoms with E-state index >= 15 is 0 Å². The van der Waals surface area contributed by atoms with E-state index in [1.807, 2.05) is 83.7 Å². The van der Waals surface area contributed by atoms with Crippen molar-refractivity contribution in [2.45, 2.75) is 249 Å². The number of carbonyl (C=O) groups is 4. The first-order valence-corrected chi connectivity index (χ1v) is 54.3. The maximum atomic E-state index is 13.8. The summed E-state index contributed by atoms with van der Waals surface area (Å²) in [7, 11) is 0. The number of carbonyl (C=O) groups excluding carboxylic acids is 4. The van der Waals surface area contributed by atoms with E-state index < -0.39 is 12.1 Å². The van der Waals surface area contributed by atoms with Gasteiger partial charge in [-0.25, -0.2) is 32.3 Å². The van der Waals surface area contributed by atoms with Crippen molar-refractivity contribution in [1.29, 1.82) is 0 Å². The van der Waals surface area contributed by atoms with Crippen LogP contribution in [0.1, 0.15) is 202 Å². The quantitative estimate of drug-likeness (QED) is 0.0523. The van der Waals surface area contributed by atoms with Crippen molar-refractivity contribution in [1.82, 2.24) is 83.2 Å². The Morgan fingerprint density at radius 1 is 0.349 bits per heavy atom. The smallest absolute Gasteiger partial charge is 0.344 e. The highest BCUT2D eigenvalue weighted by molar-refractivity contribution is 6.31. The molecule has 12 saturated heterocycles. The number of piperazine rings is 1. The van der Waals surface area contributed by atoms with Gasteiger partial charge in [-0.2, -0.15) is 18.7 Å². The molecule has 8 aromatic rings. The Morgan fingerprint density at radius 2 is 0.630 bits per heavy atom. The highest BCUT2D eigenvalue weighted by Gasteiger charge is 2.50. The second-order valence-corrected chi connectivity index (χ2v) is 44.3. The number of benzene rings is 4. The van der Waals surface area contributed by atoms with E-state index in [0.717, 1.165) is 267 Å². The number of nitrogens with zero attached hydrogens (tertiary/aromatic N) is 21. The van der Waals surface area contributed by atoms with Gasteiger partial charge in [0.15, 0.2) is 23.3 Å². The van der Waals surface area contributed by atoms with Crippen LogP contribution in [0.25, 0.3) is 0 Å². The summed E-state index contributed by atoms with van der Waals surface area (Å²) in [4.78, 5) is 82.8. The Labute approximate surface area is 870 Å². The molecule has 12 aliphatic heterocycles. The Hall–Kier alpha value is -10.9. The first-order valence-electron chi connectivity index (χ1n) is 53.5. The van der Waals surface area contributed by atoms with E-state index in [0.29, 0.717) is 67.3 Å². The largest absolute Gasteiger partial charge is 0.378 e. The van der Waals surface area contributed by atoms with Crippen LogP contribution in [0, 0.1) is 13.8 Å². The Morgan fingerprint density at radius 3 is 0.932 bits per heavy atom. The zero-order chi connectivity index (χ0) is 102. The first kappa shape index (κ1) is 105. The van der Waals surface area contributed by atoms with E-state index in [4.69, 9.17) is 27.9 Å². The number of morpholine rings is 1. The summed E-state index contributed by atoms with van der Waals surface area (Å²) in [6, 6.07) is 33.7. The number of halogens is 5. The average Bonchev–Trinajstić information content (AvgIpc) is 1.61. The lowest BCUT2D eigenvalue weighted by molar-refractivity contribution is -0.0221. The van der Waals surface area contributed by atoms with Crippen LogP contribution in [0.3, 0.4) is 0 Å². The van der Waals surface area contributed by atoms with Crippen LogP contribution in [0.2, 0.25) is 10.0 Å². The van der Waals surface area contributed by atoms with Gasteiger partial charge >= 0.3 is 24.1 Å². The number of allylic oxidation sites excluding steroid dienone is 4. The molecule has 786 valence electrons. The fraction of sp³-hybridized carbons (Fsp3) is 0.568. The molecule has 1 saturated carbocycles. The van der Waals surface area contributed by atoms with Crippen molar-refractivity contribution in [3.8, 4) is 0 Å². The van der Waals surface area contributed by atoms with Crippen molar-refractivity contribution in [2.75, 3.05) is 198 Å². The normalized spacial score (nSPS) is 21.2. The minimum Gasteiger partial charge on any atom is -0.378 e. The molecule has 146 heavy (non-hydrogen) atoms. The van der Waals surface area contributed by atoms with Gasteiger partial charge in [0.05, 0.1) is 13.2 Å².